The highest BCUT2D eigenvalue weighted by Crippen LogP contribution is 2.12. The molecule has 0 saturated carbocycles. The Kier molecular flexibility index (Phi) is 4.63. The first-order valence-electron chi connectivity index (χ1n) is 4.74. The van der Waals surface area contributed by atoms with Crippen LogP contribution >= 0.6 is 0 Å². The van der Waals surface area contributed by atoms with E-state index in [9.17, 15) is 4.79 Å². The van der Waals surface area contributed by atoms with Crippen LogP contribution in [0.25, 0.3) is 0 Å². The number of para-hydroxylation sites is 1. The number of aliphatic carboxylic acids is 1. The first-order valence-corrected chi connectivity index (χ1v) is 4.74. The molecule has 0 fully saturated rings. The largest absolute Gasteiger partial charge is 0.480 e. The Morgan fingerprint density at radius 3 is 2.60 bits per heavy atom. The molecule has 0 amide bonds. The maximum Gasteiger partial charge on any atom is 0.323 e. The molecule has 1 aromatic carbocycles. The molecule has 0 aliphatic heterocycles. The van der Waals surface area contributed by atoms with E-state index in [1.54, 1.807) is 12.0 Å². The Bertz CT molecular complexity index is 300. The topological polar surface area (TPSA) is 49.8 Å². The molecule has 0 aromatic heterocycles. The second kappa shape index (κ2) is 6.03. The van der Waals surface area contributed by atoms with Crippen LogP contribution in [0, 0.1) is 0 Å². The summed E-state index contributed by atoms with van der Waals surface area (Å²) in [6.45, 7) is 1.09. The van der Waals surface area contributed by atoms with Crippen molar-refractivity contribution in [3.63, 3.8) is 0 Å². The minimum atomic E-state index is -0.838. The third-order valence-corrected chi connectivity index (χ3v) is 2.01. The zero-order valence-corrected chi connectivity index (χ0v) is 8.72. The van der Waals surface area contributed by atoms with Gasteiger partial charge in [0, 0.05) is 19.3 Å². The molecular weight excluding hydrogens is 194 g/mol. The lowest BCUT2D eigenvalue weighted by Crippen LogP contribution is -2.32. The Hall–Kier alpha value is -1.55. The second-order valence-corrected chi connectivity index (χ2v) is 3.14. The predicted molar refractivity (Wildman–Crippen MR) is 58.2 cm³/mol. The molecule has 15 heavy (non-hydrogen) atoms. The van der Waals surface area contributed by atoms with Crippen molar-refractivity contribution in [1.82, 2.24) is 0 Å². The van der Waals surface area contributed by atoms with Gasteiger partial charge in [0.2, 0.25) is 0 Å². The molecule has 0 heterocycles. The Labute approximate surface area is 89.1 Å². The second-order valence-electron chi connectivity index (χ2n) is 3.14. The van der Waals surface area contributed by atoms with Gasteiger partial charge in [-0.05, 0) is 12.1 Å². The first-order chi connectivity index (χ1) is 7.24. The quantitative estimate of drug-likeness (QED) is 0.765. The zero-order valence-electron chi connectivity index (χ0n) is 8.72. The number of methoxy groups -OCH3 is 1. The van der Waals surface area contributed by atoms with Crippen molar-refractivity contribution in [2.24, 2.45) is 0 Å². The van der Waals surface area contributed by atoms with Crippen LogP contribution in [0.4, 0.5) is 5.69 Å². The molecule has 1 N–H and O–H groups in total. The number of hydrogen-bond donors (Lipinski definition) is 1. The molecule has 0 bridgehead atoms. The average molecular weight is 209 g/mol. The van der Waals surface area contributed by atoms with E-state index in [1.165, 1.54) is 0 Å². The molecule has 4 nitrogen and oxygen atoms in total. The van der Waals surface area contributed by atoms with E-state index in [1.807, 2.05) is 30.3 Å². The Balaban J connectivity index is 2.67. The van der Waals surface area contributed by atoms with Gasteiger partial charge in [0.25, 0.3) is 0 Å². The third-order valence-electron chi connectivity index (χ3n) is 2.01. The van der Waals surface area contributed by atoms with Crippen LogP contribution in [0.2, 0.25) is 0 Å². The van der Waals surface area contributed by atoms with Crippen molar-refractivity contribution in [2.75, 3.05) is 31.7 Å². The average Bonchev–Trinajstić information content (AvgIpc) is 2.25. The number of carbonyl (C=O) groups is 1. The fourth-order valence-corrected chi connectivity index (χ4v) is 1.30. The number of carboxylic acids is 1. The van der Waals surface area contributed by atoms with Crippen molar-refractivity contribution >= 4 is 11.7 Å². The van der Waals surface area contributed by atoms with E-state index in [-0.39, 0.29) is 6.54 Å². The fourth-order valence-electron chi connectivity index (χ4n) is 1.30. The van der Waals surface area contributed by atoms with Gasteiger partial charge in [-0.3, -0.25) is 4.79 Å². The summed E-state index contributed by atoms with van der Waals surface area (Å²) >= 11 is 0. The Morgan fingerprint density at radius 1 is 1.40 bits per heavy atom. The number of anilines is 1. The fraction of sp³-hybridized carbons (Fsp3) is 0.364. The Morgan fingerprint density at radius 2 is 2.07 bits per heavy atom. The van der Waals surface area contributed by atoms with E-state index in [2.05, 4.69) is 0 Å². The van der Waals surface area contributed by atoms with Crippen molar-refractivity contribution in [3.05, 3.63) is 30.3 Å². The van der Waals surface area contributed by atoms with Crippen molar-refractivity contribution in [2.45, 2.75) is 0 Å². The molecule has 1 aromatic rings. The summed E-state index contributed by atoms with van der Waals surface area (Å²) in [7, 11) is 1.60. The first kappa shape index (κ1) is 11.5. The highest BCUT2D eigenvalue weighted by atomic mass is 16.5. The number of carboxylic acid groups (broad SMARTS) is 1. The molecule has 82 valence electrons. The summed E-state index contributed by atoms with van der Waals surface area (Å²) in [5, 5.41) is 8.76. The van der Waals surface area contributed by atoms with E-state index in [0.29, 0.717) is 13.2 Å². The highest BCUT2D eigenvalue weighted by Gasteiger charge is 2.09. The monoisotopic (exact) mass is 209 g/mol. The smallest absolute Gasteiger partial charge is 0.323 e. The molecule has 0 spiro atoms. The van der Waals surface area contributed by atoms with Crippen LogP contribution in [0.3, 0.4) is 0 Å². The molecule has 0 aliphatic rings. The van der Waals surface area contributed by atoms with Gasteiger partial charge in [-0.1, -0.05) is 18.2 Å². The summed E-state index contributed by atoms with van der Waals surface area (Å²) in [6, 6.07) is 9.45. The van der Waals surface area contributed by atoms with Crippen molar-refractivity contribution < 1.29 is 14.6 Å². The molecule has 0 aliphatic carbocycles. The number of ether oxygens (including phenoxy) is 1. The van der Waals surface area contributed by atoms with Gasteiger partial charge in [0.1, 0.15) is 6.54 Å². The van der Waals surface area contributed by atoms with Crippen LogP contribution in [-0.2, 0) is 9.53 Å². The minimum absolute atomic E-state index is 0.00657. The third kappa shape index (κ3) is 3.99. The lowest BCUT2D eigenvalue weighted by atomic mass is 10.3. The van der Waals surface area contributed by atoms with Gasteiger partial charge < -0.3 is 14.7 Å². The van der Waals surface area contributed by atoms with Gasteiger partial charge in [-0.25, -0.2) is 0 Å². The maximum absolute atomic E-state index is 10.7. The van der Waals surface area contributed by atoms with Crippen LogP contribution in [-0.4, -0.2) is 37.9 Å². The summed E-state index contributed by atoms with van der Waals surface area (Å²) in [6.07, 6.45) is 0. The molecule has 0 radical (unpaired) electrons. The van der Waals surface area contributed by atoms with Gasteiger partial charge in [0.15, 0.2) is 0 Å². The van der Waals surface area contributed by atoms with Gasteiger partial charge in [-0.15, -0.1) is 0 Å². The maximum atomic E-state index is 10.7. The van der Waals surface area contributed by atoms with Gasteiger partial charge in [0.05, 0.1) is 6.61 Å². The lowest BCUT2D eigenvalue weighted by molar-refractivity contribution is -0.135. The van der Waals surface area contributed by atoms with Gasteiger partial charge in [-0.2, -0.15) is 0 Å². The summed E-state index contributed by atoms with van der Waals surface area (Å²) in [4.78, 5) is 12.4. The minimum Gasteiger partial charge on any atom is -0.480 e. The molecular formula is C11H15NO3. The number of benzene rings is 1. The summed E-state index contributed by atoms with van der Waals surface area (Å²) in [5.41, 5.74) is 0.900. The van der Waals surface area contributed by atoms with Crippen LogP contribution in [0.15, 0.2) is 30.3 Å². The van der Waals surface area contributed by atoms with Gasteiger partial charge >= 0.3 is 5.97 Å². The number of rotatable bonds is 6. The standard InChI is InChI=1S/C11H15NO3/c1-15-8-7-12(9-11(13)14)10-5-3-2-4-6-10/h2-6H,7-9H2,1H3,(H,13,14). The van der Waals surface area contributed by atoms with Crippen molar-refractivity contribution in [3.8, 4) is 0 Å². The summed E-state index contributed by atoms with van der Waals surface area (Å²) in [5.74, 6) is -0.838. The number of nitrogens with zero attached hydrogens (tertiary/aromatic N) is 1. The molecule has 0 saturated heterocycles. The molecule has 0 atom stereocenters. The lowest BCUT2D eigenvalue weighted by Gasteiger charge is -2.22. The highest BCUT2D eigenvalue weighted by molar-refractivity contribution is 5.73. The predicted octanol–water partition coefficient (Wildman–Crippen LogP) is 1.22. The van der Waals surface area contributed by atoms with Crippen LogP contribution < -0.4 is 4.90 Å². The SMILES string of the molecule is COCCN(CC(=O)O)c1ccccc1. The van der Waals surface area contributed by atoms with E-state index < -0.39 is 5.97 Å². The van der Waals surface area contributed by atoms with Crippen LogP contribution in [0.5, 0.6) is 0 Å². The molecule has 1 rings (SSSR count). The summed E-state index contributed by atoms with van der Waals surface area (Å²) < 4.78 is 4.94. The normalized spacial score (nSPS) is 9.93. The van der Waals surface area contributed by atoms with E-state index in [0.717, 1.165) is 5.69 Å². The van der Waals surface area contributed by atoms with E-state index in [4.69, 9.17) is 9.84 Å². The number of hydrogen-bond acceptors (Lipinski definition) is 3. The molecule has 4 heteroatoms. The van der Waals surface area contributed by atoms with Crippen LogP contribution in [0.1, 0.15) is 0 Å². The zero-order chi connectivity index (χ0) is 11.1. The van der Waals surface area contributed by atoms with Crippen molar-refractivity contribution in [1.29, 1.82) is 0 Å². The van der Waals surface area contributed by atoms with E-state index >= 15 is 0 Å². The molecule has 0 unspecified atom stereocenters.